The predicted molar refractivity (Wildman–Crippen MR) is 85.1 cm³/mol. The molecule has 0 aliphatic carbocycles. The fourth-order valence-corrected chi connectivity index (χ4v) is 4.97. The van der Waals surface area contributed by atoms with Crippen LogP contribution in [0, 0.1) is 0 Å². The van der Waals surface area contributed by atoms with Gasteiger partial charge in [-0.25, -0.2) is 9.18 Å². The molecule has 3 atom stereocenters. The third-order valence-corrected chi connectivity index (χ3v) is 6.56. The topological polar surface area (TPSA) is 46.6 Å². The van der Waals surface area contributed by atoms with Crippen LogP contribution in [-0.4, -0.2) is 37.5 Å². The summed E-state index contributed by atoms with van der Waals surface area (Å²) in [5.41, 5.74) is 0.867. The van der Waals surface area contributed by atoms with Crippen molar-refractivity contribution >= 4 is 39.6 Å². The molecular formula is C15H15BrFNO3S. The molecule has 0 spiro atoms. The lowest BCUT2D eigenvalue weighted by Crippen LogP contribution is -2.68. The number of esters is 1. The number of β-lactam (4-membered cyclic amide) rings is 1. The van der Waals surface area contributed by atoms with E-state index < -0.39 is 32.6 Å². The lowest BCUT2D eigenvalue weighted by molar-refractivity contribution is -0.170. The molecule has 22 heavy (non-hydrogen) atoms. The van der Waals surface area contributed by atoms with Gasteiger partial charge < -0.3 is 9.64 Å². The number of alkyl halides is 2. The SMILES string of the molecule is CC1(C)S[C@H]2N(C(=O)C2(F)Br)[C@H]1C(=O)OCc1ccccc1. The van der Waals surface area contributed by atoms with Gasteiger partial charge in [0, 0.05) is 4.75 Å². The Labute approximate surface area is 140 Å². The Bertz CT molecular complexity index is 622. The molecule has 3 rings (SSSR count). The molecule has 1 aromatic carbocycles. The van der Waals surface area contributed by atoms with E-state index in [1.807, 2.05) is 44.2 Å². The summed E-state index contributed by atoms with van der Waals surface area (Å²) in [6.45, 7) is 3.78. The van der Waals surface area contributed by atoms with Crippen molar-refractivity contribution < 1.29 is 18.7 Å². The highest BCUT2D eigenvalue weighted by atomic mass is 79.9. The second-order valence-corrected chi connectivity index (χ2v) is 8.79. The molecule has 0 bridgehead atoms. The van der Waals surface area contributed by atoms with Gasteiger partial charge in [-0.15, -0.1) is 11.8 Å². The Morgan fingerprint density at radius 3 is 2.68 bits per heavy atom. The third kappa shape index (κ3) is 2.34. The molecule has 1 amide bonds. The van der Waals surface area contributed by atoms with E-state index in [1.54, 1.807) is 0 Å². The Morgan fingerprint density at radius 1 is 1.41 bits per heavy atom. The van der Waals surface area contributed by atoms with Crippen molar-refractivity contribution in [3.05, 3.63) is 35.9 Å². The van der Waals surface area contributed by atoms with Gasteiger partial charge in [0.1, 0.15) is 18.0 Å². The molecule has 2 aliphatic heterocycles. The van der Waals surface area contributed by atoms with Crippen molar-refractivity contribution in [3.8, 4) is 0 Å². The van der Waals surface area contributed by atoms with Gasteiger partial charge in [-0.3, -0.25) is 4.79 Å². The average molecular weight is 388 g/mol. The van der Waals surface area contributed by atoms with Crippen LogP contribution >= 0.6 is 27.7 Å². The maximum atomic E-state index is 14.1. The van der Waals surface area contributed by atoms with Gasteiger partial charge in [0.2, 0.25) is 0 Å². The first-order valence-corrected chi connectivity index (χ1v) is 8.51. The van der Waals surface area contributed by atoms with Gasteiger partial charge in [-0.1, -0.05) is 30.3 Å². The van der Waals surface area contributed by atoms with Gasteiger partial charge in [0.25, 0.3) is 10.5 Å². The predicted octanol–water partition coefficient (Wildman–Crippen LogP) is 2.85. The Balaban J connectivity index is 1.73. The normalized spacial score (nSPS) is 32.4. The number of ether oxygens (including phenoxy) is 1. The summed E-state index contributed by atoms with van der Waals surface area (Å²) in [6.07, 6.45) is 0. The van der Waals surface area contributed by atoms with Crippen molar-refractivity contribution in [2.45, 2.75) is 41.2 Å². The number of halogens is 2. The highest BCUT2D eigenvalue weighted by molar-refractivity contribution is 9.10. The molecule has 0 N–H and O–H groups in total. The largest absolute Gasteiger partial charge is 0.459 e. The molecule has 118 valence electrons. The maximum absolute atomic E-state index is 14.1. The van der Waals surface area contributed by atoms with Crippen LogP contribution in [0.25, 0.3) is 0 Å². The summed E-state index contributed by atoms with van der Waals surface area (Å²) >= 11 is 4.08. The molecule has 7 heteroatoms. The van der Waals surface area contributed by atoms with Gasteiger partial charge in [-0.05, 0) is 35.3 Å². The molecule has 0 aromatic heterocycles. The second kappa shape index (κ2) is 5.23. The fourth-order valence-electron chi connectivity index (χ4n) is 2.77. The first kappa shape index (κ1) is 15.8. The van der Waals surface area contributed by atoms with E-state index in [2.05, 4.69) is 15.9 Å². The first-order chi connectivity index (χ1) is 10.2. The van der Waals surface area contributed by atoms with Crippen LogP contribution in [-0.2, 0) is 20.9 Å². The molecule has 2 heterocycles. The number of benzene rings is 1. The summed E-state index contributed by atoms with van der Waals surface area (Å²) in [7, 11) is 0. The maximum Gasteiger partial charge on any atom is 0.330 e. The molecule has 0 radical (unpaired) electrons. The number of hydrogen-bond donors (Lipinski definition) is 0. The summed E-state index contributed by atoms with van der Waals surface area (Å²) in [4.78, 5) is 25.6. The number of nitrogens with zero attached hydrogens (tertiary/aromatic N) is 1. The summed E-state index contributed by atoms with van der Waals surface area (Å²) in [5.74, 6) is -1.21. The molecule has 1 aromatic rings. The number of amides is 1. The average Bonchev–Trinajstić information content (AvgIpc) is 2.76. The standard InChI is InChI=1S/C15H15BrFNO3S/c1-14(2)10(18-12(20)15(16,17)13(18)22-14)11(19)21-8-9-6-4-3-5-7-9/h3-7,10,13H,8H2,1-2H3/t10-,13+,15?/m0/s1. The van der Waals surface area contributed by atoms with Gasteiger partial charge in [0.05, 0.1) is 0 Å². The molecule has 2 aliphatic rings. The number of fused-ring (bicyclic) bond motifs is 1. The third-order valence-electron chi connectivity index (χ3n) is 3.88. The van der Waals surface area contributed by atoms with Crippen LogP contribution in [0.4, 0.5) is 4.39 Å². The Morgan fingerprint density at radius 2 is 2.05 bits per heavy atom. The minimum Gasteiger partial charge on any atom is -0.459 e. The molecule has 2 fully saturated rings. The van der Waals surface area contributed by atoms with Crippen molar-refractivity contribution in [2.24, 2.45) is 0 Å². The summed E-state index contributed by atoms with van der Waals surface area (Å²) in [6, 6.07) is 8.52. The highest BCUT2D eigenvalue weighted by Gasteiger charge is 2.72. The quantitative estimate of drug-likeness (QED) is 0.454. The summed E-state index contributed by atoms with van der Waals surface area (Å²) in [5, 5.41) is -0.690. The van der Waals surface area contributed by atoms with Crippen LogP contribution in [0.1, 0.15) is 19.4 Å². The first-order valence-electron chi connectivity index (χ1n) is 6.84. The van der Waals surface area contributed by atoms with E-state index in [0.29, 0.717) is 0 Å². The minimum absolute atomic E-state index is 0.138. The number of hydrogen-bond acceptors (Lipinski definition) is 4. The lowest BCUT2D eigenvalue weighted by atomic mass is 9.97. The smallest absolute Gasteiger partial charge is 0.330 e. The monoisotopic (exact) mass is 387 g/mol. The Hall–Kier alpha value is -1.08. The van der Waals surface area contributed by atoms with Crippen molar-refractivity contribution in [3.63, 3.8) is 0 Å². The molecular weight excluding hydrogens is 373 g/mol. The van der Waals surface area contributed by atoms with Gasteiger partial charge in [0.15, 0.2) is 0 Å². The van der Waals surface area contributed by atoms with E-state index in [1.165, 1.54) is 16.7 Å². The summed E-state index contributed by atoms with van der Waals surface area (Å²) < 4.78 is 16.8. The van der Waals surface area contributed by atoms with Crippen LogP contribution in [0.5, 0.6) is 0 Å². The van der Waals surface area contributed by atoms with E-state index in [0.717, 1.165) is 5.56 Å². The Kier molecular flexibility index (Phi) is 3.76. The molecule has 1 unspecified atom stereocenters. The van der Waals surface area contributed by atoms with E-state index in [9.17, 15) is 14.0 Å². The number of thioether (sulfide) groups is 1. The lowest BCUT2D eigenvalue weighted by Gasteiger charge is -2.44. The fraction of sp³-hybridized carbons (Fsp3) is 0.467. The van der Waals surface area contributed by atoms with Crippen LogP contribution in [0.15, 0.2) is 30.3 Å². The van der Waals surface area contributed by atoms with Crippen LogP contribution in [0.2, 0.25) is 0 Å². The number of carbonyl (C=O) groups is 2. The van der Waals surface area contributed by atoms with Gasteiger partial charge in [-0.2, -0.15) is 0 Å². The van der Waals surface area contributed by atoms with E-state index in [4.69, 9.17) is 4.74 Å². The number of carbonyl (C=O) groups excluding carboxylic acids is 2. The molecule has 4 nitrogen and oxygen atoms in total. The molecule has 2 saturated heterocycles. The number of rotatable bonds is 3. The van der Waals surface area contributed by atoms with Crippen molar-refractivity contribution in [1.29, 1.82) is 0 Å². The second-order valence-electron chi connectivity index (χ2n) is 5.90. The van der Waals surface area contributed by atoms with Crippen LogP contribution in [0.3, 0.4) is 0 Å². The van der Waals surface area contributed by atoms with E-state index >= 15 is 0 Å². The van der Waals surface area contributed by atoms with Gasteiger partial charge >= 0.3 is 5.97 Å². The van der Waals surface area contributed by atoms with Crippen molar-refractivity contribution in [2.75, 3.05) is 0 Å². The highest BCUT2D eigenvalue weighted by Crippen LogP contribution is 2.58. The zero-order chi connectivity index (χ0) is 16.1. The zero-order valence-electron chi connectivity index (χ0n) is 12.1. The minimum atomic E-state index is -2.08. The van der Waals surface area contributed by atoms with E-state index in [-0.39, 0.29) is 6.61 Å². The molecule has 0 saturated carbocycles. The van der Waals surface area contributed by atoms with Crippen molar-refractivity contribution in [1.82, 2.24) is 4.90 Å². The van der Waals surface area contributed by atoms with Crippen LogP contribution < -0.4 is 0 Å². The zero-order valence-corrected chi connectivity index (χ0v) is 14.5.